The van der Waals surface area contributed by atoms with Gasteiger partial charge in [0.25, 0.3) is 0 Å². The molecule has 1 amide bonds. The van der Waals surface area contributed by atoms with Crippen molar-refractivity contribution in [3.63, 3.8) is 0 Å². The molecule has 0 aliphatic rings. The Labute approximate surface area is 146 Å². The van der Waals surface area contributed by atoms with E-state index < -0.39 is 0 Å². The van der Waals surface area contributed by atoms with Crippen LogP contribution >= 0.6 is 0 Å². The van der Waals surface area contributed by atoms with Crippen LogP contribution in [0, 0.1) is 5.82 Å². The second-order valence-electron chi connectivity index (χ2n) is 6.15. The van der Waals surface area contributed by atoms with Crippen LogP contribution in [0.1, 0.15) is 31.2 Å². The molecule has 1 unspecified atom stereocenters. The maximum atomic E-state index is 13.0. The summed E-state index contributed by atoms with van der Waals surface area (Å²) in [5, 5.41) is 1.02. The Kier molecular flexibility index (Phi) is 4.70. The van der Waals surface area contributed by atoms with E-state index in [-0.39, 0.29) is 17.8 Å². The fraction of sp³-hybridized carbons (Fsp3) is 0.190. The summed E-state index contributed by atoms with van der Waals surface area (Å²) < 4.78 is 18.9. The molecule has 1 heterocycles. The molecule has 0 aliphatic heterocycles. The van der Waals surface area contributed by atoms with Crippen molar-refractivity contribution in [1.29, 1.82) is 0 Å². The second kappa shape index (κ2) is 6.93. The first-order valence-electron chi connectivity index (χ1n) is 8.15. The Morgan fingerprint density at radius 3 is 2.52 bits per heavy atom. The number of halogens is 1. The van der Waals surface area contributed by atoms with Crippen LogP contribution in [0.25, 0.3) is 16.5 Å². The molecular formula is C21H20FNO2. The quantitative estimate of drug-likeness (QED) is 0.614. The van der Waals surface area contributed by atoms with E-state index in [0.29, 0.717) is 0 Å². The highest BCUT2D eigenvalue weighted by Crippen LogP contribution is 2.27. The minimum absolute atomic E-state index is 0.130. The van der Waals surface area contributed by atoms with Gasteiger partial charge in [0.05, 0.1) is 6.04 Å². The van der Waals surface area contributed by atoms with Gasteiger partial charge in [-0.3, -0.25) is 4.79 Å². The van der Waals surface area contributed by atoms with Gasteiger partial charge in [0.15, 0.2) is 0 Å². The van der Waals surface area contributed by atoms with E-state index in [4.69, 9.17) is 4.42 Å². The lowest BCUT2D eigenvalue weighted by Gasteiger charge is -2.22. The van der Waals surface area contributed by atoms with Crippen molar-refractivity contribution >= 4 is 22.4 Å². The lowest BCUT2D eigenvalue weighted by molar-refractivity contribution is -0.126. The molecule has 1 atom stereocenters. The summed E-state index contributed by atoms with van der Waals surface area (Å²) in [7, 11) is 1.74. The van der Waals surface area contributed by atoms with Gasteiger partial charge in [-0.1, -0.05) is 30.3 Å². The van der Waals surface area contributed by atoms with Crippen LogP contribution in [0.4, 0.5) is 4.39 Å². The number of furan rings is 1. The third kappa shape index (κ3) is 3.63. The largest absolute Gasteiger partial charge is 0.459 e. The van der Waals surface area contributed by atoms with Crippen molar-refractivity contribution in [2.45, 2.75) is 19.9 Å². The molecule has 4 heteroatoms. The molecule has 3 rings (SSSR count). The fourth-order valence-corrected chi connectivity index (χ4v) is 2.67. The number of hydrogen-bond acceptors (Lipinski definition) is 2. The van der Waals surface area contributed by atoms with Gasteiger partial charge < -0.3 is 9.32 Å². The Hall–Kier alpha value is -2.88. The summed E-state index contributed by atoms with van der Waals surface area (Å²) in [6.45, 7) is 3.77. The van der Waals surface area contributed by atoms with E-state index in [0.717, 1.165) is 27.9 Å². The van der Waals surface area contributed by atoms with Crippen LogP contribution in [0.5, 0.6) is 0 Å². The summed E-state index contributed by atoms with van der Waals surface area (Å²) in [5.74, 6) is 0.318. The molecule has 0 saturated heterocycles. The third-order valence-electron chi connectivity index (χ3n) is 4.42. The maximum Gasteiger partial charge on any atom is 0.247 e. The van der Waals surface area contributed by atoms with Crippen LogP contribution in [-0.4, -0.2) is 17.9 Å². The van der Waals surface area contributed by atoms with Crippen LogP contribution in [-0.2, 0) is 4.79 Å². The van der Waals surface area contributed by atoms with Crippen LogP contribution < -0.4 is 0 Å². The van der Waals surface area contributed by atoms with Crippen LogP contribution in [0.15, 0.2) is 65.1 Å². The average Bonchev–Trinajstić information content (AvgIpc) is 3.05. The molecule has 1 aromatic heterocycles. The van der Waals surface area contributed by atoms with Gasteiger partial charge in [0.1, 0.15) is 17.2 Å². The van der Waals surface area contributed by atoms with Gasteiger partial charge in [-0.05, 0) is 49.2 Å². The highest BCUT2D eigenvalue weighted by atomic mass is 19.1. The summed E-state index contributed by atoms with van der Waals surface area (Å²) in [6, 6.07) is 15.6. The van der Waals surface area contributed by atoms with Crippen molar-refractivity contribution in [3.8, 4) is 0 Å². The molecule has 0 bridgehead atoms. The topological polar surface area (TPSA) is 33.5 Å². The van der Waals surface area contributed by atoms with Gasteiger partial charge in [0, 0.05) is 18.5 Å². The molecule has 0 N–H and O–H groups in total. The van der Waals surface area contributed by atoms with Crippen molar-refractivity contribution in [3.05, 3.63) is 77.8 Å². The number of allylic oxidation sites excluding steroid dienone is 1. The smallest absolute Gasteiger partial charge is 0.247 e. The Bertz CT molecular complexity index is 891. The predicted octanol–water partition coefficient (Wildman–Crippen LogP) is 5.19. The Morgan fingerprint density at radius 2 is 1.84 bits per heavy atom. The van der Waals surface area contributed by atoms with Crippen molar-refractivity contribution in [2.24, 2.45) is 0 Å². The normalized spacial score (nSPS) is 13.0. The fourth-order valence-electron chi connectivity index (χ4n) is 2.67. The number of nitrogens with zero attached hydrogens (tertiary/aromatic N) is 1. The molecule has 3 aromatic rings. The van der Waals surface area contributed by atoms with E-state index in [2.05, 4.69) is 0 Å². The monoisotopic (exact) mass is 337 g/mol. The number of para-hydroxylation sites is 1. The molecule has 0 fully saturated rings. The van der Waals surface area contributed by atoms with E-state index in [9.17, 15) is 9.18 Å². The molecule has 0 saturated carbocycles. The zero-order valence-electron chi connectivity index (χ0n) is 14.5. The number of amides is 1. The standard InChI is InChI=1S/C21H20FNO2/c1-14(16-8-10-18(22)11-9-16)12-21(24)23(3)15(2)20-13-17-6-4-5-7-19(17)25-20/h4-13,15H,1-3H3/b14-12-. The molecule has 0 spiro atoms. The molecule has 128 valence electrons. The van der Waals surface area contributed by atoms with E-state index in [1.54, 1.807) is 30.2 Å². The molecule has 0 aliphatic carbocycles. The number of carbonyl (C=O) groups excluding carboxylic acids is 1. The zero-order chi connectivity index (χ0) is 18.0. The summed E-state index contributed by atoms with van der Waals surface area (Å²) in [6.07, 6.45) is 1.56. The first-order valence-corrected chi connectivity index (χ1v) is 8.15. The number of benzene rings is 2. The van der Waals surface area contributed by atoms with Gasteiger partial charge >= 0.3 is 0 Å². The summed E-state index contributed by atoms with van der Waals surface area (Å²) >= 11 is 0. The lowest BCUT2D eigenvalue weighted by atomic mass is 10.1. The Morgan fingerprint density at radius 1 is 1.16 bits per heavy atom. The molecule has 0 radical (unpaired) electrons. The number of fused-ring (bicyclic) bond motifs is 1. The van der Waals surface area contributed by atoms with Gasteiger partial charge in [-0.25, -0.2) is 4.39 Å². The van der Waals surface area contributed by atoms with Gasteiger partial charge in [-0.2, -0.15) is 0 Å². The second-order valence-corrected chi connectivity index (χ2v) is 6.15. The van der Waals surface area contributed by atoms with Crippen molar-refractivity contribution in [1.82, 2.24) is 4.90 Å². The van der Waals surface area contributed by atoms with E-state index in [1.165, 1.54) is 12.1 Å². The van der Waals surface area contributed by atoms with E-state index in [1.807, 2.05) is 44.2 Å². The highest BCUT2D eigenvalue weighted by Gasteiger charge is 2.19. The number of hydrogen-bond donors (Lipinski definition) is 0. The number of carbonyl (C=O) groups is 1. The molecule has 25 heavy (non-hydrogen) atoms. The summed E-state index contributed by atoms with van der Waals surface area (Å²) in [5.41, 5.74) is 2.41. The SMILES string of the molecule is C/C(=C/C(=O)N(C)C(C)c1cc2ccccc2o1)c1ccc(F)cc1. The van der Waals surface area contributed by atoms with Crippen molar-refractivity contribution in [2.75, 3.05) is 7.05 Å². The van der Waals surface area contributed by atoms with E-state index >= 15 is 0 Å². The predicted molar refractivity (Wildman–Crippen MR) is 97.5 cm³/mol. The minimum atomic E-state index is -0.293. The minimum Gasteiger partial charge on any atom is -0.459 e. The zero-order valence-corrected chi connectivity index (χ0v) is 14.5. The Balaban J connectivity index is 1.78. The van der Waals surface area contributed by atoms with Gasteiger partial charge in [0.2, 0.25) is 5.91 Å². The molecule has 3 nitrogen and oxygen atoms in total. The molecular weight excluding hydrogens is 317 g/mol. The maximum absolute atomic E-state index is 13.0. The first-order chi connectivity index (χ1) is 12.0. The van der Waals surface area contributed by atoms with Gasteiger partial charge in [-0.15, -0.1) is 0 Å². The molecule has 2 aromatic carbocycles. The first kappa shape index (κ1) is 17.0. The highest BCUT2D eigenvalue weighted by molar-refractivity contribution is 5.95. The third-order valence-corrected chi connectivity index (χ3v) is 4.42. The lowest BCUT2D eigenvalue weighted by Crippen LogP contribution is -2.28. The number of rotatable bonds is 4. The average molecular weight is 337 g/mol. The summed E-state index contributed by atoms with van der Waals surface area (Å²) in [4.78, 5) is 14.2. The number of likely N-dealkylation sites (N-methyl/N-ethyl adjacent to an activating group) is 1. The van der Waals surface area contributed by atoms with Crippen molar-refractivity contribution < 1.29 is 13.6 Å². The van der Waals surface area contributed by atoms with Crippen LogP contribution in [0.3, 0.4) is 0 Å². The van der Waals surface area contributed by atoms with Crippen LogP contribution in [0.2, 0.25) is 0 Å².